The van der Waals surface area contributed by atoms with Gasteiger partial charge in [-0.05, 0) is 70.5 Å². The standard InChI is InChI=1S/C26H29BrO2/c1-18(2)16-28-23-10-5-20(6-11-23)25-14-9-22(27)15-26(25)21-7-12-24(13-8-21)29-17-19(3)4/h5-15,18-19H,16-17H2,1-4H3. The molecule has 3 aromatic rings. The molecule has 3 heteroatoms. The monoisotopic (exact) mass is 452 g/mol. The van der Waals surface area contributed by atoms with Crippen LogP contribution in [0.2, 0.25) is 0 Å². The number of halogens is 1. The lowest BCUT2D eigenvalue weighted by molar-refractivity contribution is 0.271. The lowest BCUT2D eigenvalue weighted by atomic mass is 9.94. The van der Waals surface area contributed by atoms with Crippen molar-refractivity contribution in [2.45, 2.75) is 27.7 Å². The van der Waals surface area contributed by atoms with Crippen molar-refractivity contribution in [1.82, 2.24) is 0 Å². The fraction of sp³-hybridized carbons (Fsp3) is 0.308. The van der Waals surface area contributed by atoms with Crippen molar-refractivity contribution in [2.75, 3.05) is 13.2 Å². The van der Waals surface area contributed by atoms with Crippen LogP contribution in [-0.2, 0) is 0 Å². The van der Waals surface area contributed by atoms with Crippen LogP contribution >= 0.6 is 15.9 Å². The van der Waals surface area contributed by atoms with Crippen molar-refractivity contribution in [3.63, 3.8) is 0 Å². The van der Waals surface area contributed by atoms with Crippen molar-refractivity contribution in [1.29, 1.82) is 0 Å². The summed E-state index contributed by atoms with van der Waals surface area (Å²) in [6.07, 6.45) is 0. The Hall–Kier alpha value is -2.26. The van der Waals surface area contributed by atoms with Crippen molar-refractivity contribution >= 4 is 15.9 Å². The molecule has 3 rings (SSSR count). The number of hydrogen-bond donors (Lipinski definition) is 0. The minimum atomic E-state index is 0.513. The number of hydrogen-bond acceptors (Lipinski definition) is 2. The van der Waals surface area contributed by atoms with Gasteiger partial charge in [-0.3, -0.25) is 0 Å². The second-order valence-electron chi connectivity index (χ2n) is 8.15. The fourth-order valence-electron chi connectivity index (χ4n) is 2.99. The molecule has 0 spiro atoms. The normalized spacial score (nSPS) is 11.1. The summed E-state index contributed by atoms with van der Waals surface area (Å²) < 4.78 is 12.7. The maximum atomic E-state index is 5.83. The van der Waals surface area contributed by atoms with E-state index >= 15 is 0 Å². The first-order valence-corrected chi connectivity index (χ1v) is 11.0. The summed E-state index contributed by atoms with van der Waals surface area (Å²) in [5.41, 5.74) is 4.72. The van der Waals surface area contributed by atoms with Crippen LogP contribution in [0.15, 0.2) is 71.2 Å². The second-order valence-corrected chi connectivity index (χ2v) is 9.06. The molecule has 152 valence electrons. The Morgan fingerprint density at radius 1 is 0.621 bits per heavy atom. The molecule has 0 radical (unpaired) electrons. The third-order valence-corrected chi connectivity index (χ3v) is 4.97. The van der Waals surface area contributed by atoms with Gasteiger partial charge in [-0.1, -0.05) is 74.0 Å². The van der Waals surface area contributed by atoms with E-state index in [-0.39, 0.29) is 0 Å². The Labute approximate surface area is 183 Å². The summed E-state index contributed by atoms with van der Waals surface area (Å²) in [5.74, 6) is 2.84. The smallest absolute Gasteiger partial charge is 0.119 e. The molecule has 29 heavy (non-hydrogen) atoms. The van der Waals surface area contributed by atoms with Gasteiger partial charge in [0.15, 0.2) is 0 Å². The van der Waals surface area contributed by atoms with Crippen LogP contribution in [0.3, 0.4) is 0 Å². The van der Waals surface area contributed by atoms with Gasteiger partial charge < -0.3 is 9.47 Å². The van der Waals surface area contributed by atoms with Gasteiger partial charge >= 0.3 is 0 Å². The third-order valence-electron chi connectivity index (χ3n) is 4.48. The van der Waals surface area contributed by atoms with Crippen molar-refractivity contribution in [2.24, 2.45) is 11.8 Å². The summed E-state index contributed by atoms with van der Waals surface area (Å²) in [4.78, 5) is 0. The lowest BCUT2D eigenvalue weighted by Crippen LogP contribution is -2.04. The zero-order chi connectivity index (χ0) is 20.8. The average Bonchev–Trinajstić information content (AvgIpc) is 2.71. The van der Waals surface area contributed by atoms with E-state index in [1.54, 1.807) is 0 Å². The molecule has 2 nitrogen and oxygen atoms in total. The molecule has 0 saturated heterocycles. The molecule has 0 N–H and O–H groups in total. The van der Waals surface area contributed by atoms with Gasteiger partial charge in [0.25, 0.3) is 0 Å². The maximum Gasteiger partial charge on any atom is 0.119 e. The van der Waals surface area contributed by atoms with Gasteiger partial charge in [0.1, 0.15) is 11.5 Å². The van der Waals surface area contributed by atoms with E-state index in [0.29, 0.717) is 11.8 Å². The highest BCUT2D eigenvalue weighted by Crippen LogP contribution is 2.35. The topological polar surface area (TPSA) is 18.5 Å². The Balaban J connectivity index is 1.86. The highest BCUT2D eigenvalue weighted by atomic mass is 79.9. The quantitative estimate of drug-likeness (QED) is 0.346. The van der Waals surface area contributed by atoms with Crippen LogP contribution in [0.5, 0.6) is 11.5 Å². The molecule has 0 unspecified atom stereocenters. The van der Waals surface area contributed by atoms with E-state index in [1.165, 1.54) is 22.3 Å². The predicted molar refractivity (Wildman–Crippen MR) is 126 cm³/mol. The molecular weight excluding hydrogens is 424 g/mol. The van der Waals surface area contributed by atoms with Crippen molar-refractivity contribution in [3.8, 4) is 33.8 Å². The molecule has 3 aromatic carbocycles. The molecule has 0 saturated carbocycles. The van der Waals surface area contributed by atoms with Crippen molar-refractivity contribution in [3.05, 3.63) is 71.2 Å². The molecular formula is C26H29BrO2. The minimum Gasteiger partial charge on any atom is -0.493 e. The van der Waals surface area contributed by atoms with E-state index < -0.39 is 0 Å². The number of rotatable bonds is 8. The van der Waals surface area contributed by atoms with Gasteiger partial charge in [0, 0.05) is 4.47 Å². The molecule has 0 aliphatic carbocycles. The van der Waals surface area contributed by atoms with Gasteiger partial charge in [0.2, 0.25) is 0 Å². The van der Waals surface area contributed by atoms with Crippen LogP contribution in [0.1, 0.15) is 27.7 Å². The summed E-state index contributed by atoms with van der Waals surface area (Å²) >= 11 is 3.62. The van der Waals surface area contributed by atoms with Crippen LogP contribution < -0.4 is 9.47 Å². The van der Waals surface area contributed by atoms with E-state index in [4.69, 9.17) is 9.47 Å². The second kappa shape index (κ2) is 9.98. The van der Waals surface area contributed by atoms with Crippen LogP contribution in [0.25, 0.3) is 22.3 Å². The van der Waals surface area contributed by atoms with E-state index in [9.17, 15) is 0 Å². The molecule has 0 aromatic heterocycles. The largest absolute Gasteiger partial charge is 0.493 e. The molecule has 0 bridgehead atoms. The van der Waals surface area contributed by atoms with Crippen LogP contribution in [-0.4, -0.2) is 13.2 Å². The molecule has 0 heterocycles. The van der Waals surface area contributed by atoms with Crippen molar-refractivity contribution < 1.29 is 9.47 Å². The van der Waals surface area contributed by atoms with Crippen LogP contribution in [0, 0.1) is 11.8 Å². The van der Waals surface area contributed by atoms with E-state index in [1.807, 2.05) is 24.3 Å². The Bertz CT molecular complexity index is 912. The Morgan fingerprint density at radius 2 is 1.07 bits per heavy atom. The van der Waals surface area contributed by atoms with E-state index in [2.05, 4.69) is 86.1 Å². The SMILES string of the molecule is CC(C)COc1ccc(-c2ccc(Br)cc2-c2ccc(OCC(C)C)cc2)cc1. The average molecular weight is 453 g/mol. The van der Waals surface area contributed by atoms with Gasteiger partial charge in [-0.2, -0.15) is 0 Å². The van der Waals surface area contributed by atoms with Gasteiger partial charge in [-0.15, -0.1) is 0 Å². The third kappa shape index (κ3) is 6.11. The van der Waals surface area contributed by atoms with Crippen LogP contribution in [0.4, 0.5) is 0 Å². The zero-order valence-corrected chi connectivity index (χ0v) is 19.2. The van der Waals surface area contributed by atoms with Gasteiger partial charge in [0.05, 0.1) is 13.2 Å². The fourth-order valence-corrected chi connectivity index (χ4v) is 3.36. The summed E-state index contributed by atoms with van der Waals surface area (Å²) in [7, 11) is 0. The first-order chi connectivity index (χ1) is 13.9. The van der Waals surface area contributed by atoms with Gasteiger partial charge in [-0.25, -0.2) is 0 Å². The number of benzene rings is 3. The molecule has 0 aliphatic rings. The summed E-state index contributed by atoms with van der Waals surface area (Å²) in [5, 5.41) is 0. The summed E-state index contributed by atoms with van der Waals surface area (Å²) in [6.45, 7) is 10.1. The molecule has 0 atom stereocenters. The minimum absolute atomic E-state index is 0.513. The van der Waals surface area contributed by atoms with E-state index in [0.717, 1.165) is 29.2 Å². The molecule has 0 amide bonds. The first kappa shape index (κ1) is 21.4. The highest BCUT2D eigenvalue weighted by Gasteiger charge is 2.10. The molecule has 0 aliphatic heterocycles. The Morgan fingerprint density at radius 3 is 1.52 bits per heavy atom. The molecule has 0 fully saturated rings. The maximum absolute atomic E-state index is 5.83. The zero-order valence-electron chi connectivity index (χ0n) is 17.6. The Kier molecular flexibility index (Phi) is 7.38. The number of ether oxygens (including phenoxy) is 2. The first-order valence-electron chi connectivity index (χ1n) is 10.2. The highest BCUT2D eigenvalue weighted by molar-refractivity contribution is 9.10. The lowest BCUT2D eigenvalue weighted by Gasteiger charge is -2.14. The summed E-state index contributed by atoms with van der Waals surface area (Å²) in [6, 6.07) is 23.1. The predicted octanol–water partition coefficient (Wildman–Crippen LogP) is 7.85.